The van der Waals surface area contributed by atoms with Gasteiger partial charge in [0.25, 0.3) is 11.6 Å². The van der Waals surface area contributed by atoms with Crippen molar-refractivity contribution in [3.05, 3.63) is 100 Å². The number of aromatic nitrogens is 3. The van der Waals surface area contributed by atoms with Crippen LogP contribution in [-0.2, 0) is 9.53 Å². The number of pyridine rings is 2. The lowest BCUT2D eigenvalue weighted by Gasteiger charge is -2.10. The number of anilines is 1. The van der Waals surface area contributed by atoms with Crippen LogP contribution in [0.5, 0.6) is 0 Å². The quantitative estimate of drug-likeness (QED) is 0.180. The van der Waals surface area contributed by atoms with Crippen LogP contribution in [0.4, 0.5) is 10.8 Å². The standard InChI is InChI=1S/C26H17N5O5S/c32-24(30-26-29-23(15-37-26)16-5-3-7-18(11-16)31(34)35)14-36-25(33)20-12-22(17-6-4-10-27-13-17)28-21-9-2-1-8-19(20)21/h1-13,15H,14H2,(H,29,30,32). The van der Waals surface area contributed by atoms with E-state index in [2.05, 4.69) is 20.3 Å². The van der Waals surface area contributed by atoms with E-state index in [4.69, 9.17) is 4.74 Å². The molecule has 0 spiro atoms. The Kier molecular flexibility index (Phi) is 6.60. The maximum absolute atomic E-state index is 13.0. The van der Waals surface area contributed by atoms with Gasteiger partial charge in [-0.3, -0.25) is 25.2 Å². The van der Waals surface area contributed by atoms with Gasteiger partial charge in [-0.2, -0.15) is 0 Å². The molecule has 3 aromatic heterocycles. The number of esters is 1. The largest absolute Gasteiger partial charge is 0.452 e. The molecule has 0 fully saturated rings. The second kappa shape index (κ2) is 10.3. The highest BCUT2D eigenvalue weighted by molar-refractivity contribution is 7.14. The molecule has 0 aliphatic heterocycles. The summed E-state index contributed by atoms with van der Waals surface area (Å²) in [6, 6.07) is 18.4. The number of ether oxygens (including phenoxy) is 1. The van der Waals surface area contributed by atoms with Crippen molar-refractivity contribution in [2.75, 3.05) is 11.9 Å². The van der Waals surface area contributed by atoms with E-state index in [1.54, 1.807) is 60.2 Å². The van der Waals surface area contributed by atoms with E-state index < -0.39 is 23.4 Å². The van der Waals surface area contributed by atoms with Crippen molar-refractivity contribution in [3.63, 3.8) is 0 Å². The van der Waals surface area contributed by atoms with Crippen LogP contribution < -0.4 is 5.32 Å². The maximum atomic E-state index is 13.0. The first-order valence-corrected chi connectivity index (χ1v) is 11.8. The average Bonchev–Trinajstić information content (AvgIpc) is 3.40. The number of nitrogens with zero attached hydrogens (tertiary/aromatic N) is 4. The van der Waals surface area contributed by atoms with Crippen LogP contribution in [0.15, 0.2) is 84.5 Å². The average molecular weight is 512 g/mol. The normalized spacial score (nSPS) is 10.7. The summed E-state index contributed by atoms with van der Waals surface area (Å²) in [6.45, 7) is -0.524. The van der Waals surface area contributed by atoms with Crippen LogP contribution in [-0.4, -0.2) is 38.4 Å². The van der Waals surface area contributed by atoms with E-state index in [-0.39, 0.29) is 16.4 Å². The van der Waals surface area contributed by atoms with Crippen molar-refractivity contribution >= 4 is 44.9 Å². The molecule has 0 saturated heterocycles. The number of fused-ring (bicyclic) bond motifs is 1. The van der Waals surface area contributed by atoms with Gasteiger partial charge in [0.2, 0.25) is 0 Å². The van der Waals surface area contributed by atoms with Gasteiger partial charge in [0.1, 0.15) is 0 Å². The predicted molar refractivity (Wildman–Crippen MR) is 138 cm³/mol. The third-order valence-corrected chi connectivity index (χ3v) is 6.09. The van der Waals surface area contributed by atoms with E-state index in [0.29, 0.717) is 27.9 Å². The molecule has 1 amide bonds. The van der Waals surface area contributed by atoms with E-state index in [1.165, 1.54) is 12.1 Å². The molecule has 0 atom stereocenters. The third kappa shape index (κ3) is 5.31. The number of non-ortho nitro benzene ring substituents is 1. The molecule has 3 heterocycles. The van der Waals surface area contributed by atoms with Crippen molar-refractivity contribution in [1.29, 1.82) is 0 Å². The van der Waals surface area contributed by atoms with Crippen molar-refractivity contribution in [2.45, 2.75) is 0 Å². The van der Waals surface area contributed by atoms with Gasteiger partial charge in [0.15, 0.2) is 11.7 Å². The second-order valence-electron chi connectivity index (χ2n) is 7.78. The van der Waals surface area contributed by atoms with Gasteiger partial charge in [-0.05, 0) is 24.3 Å². The Morgan fingerprint density at radius 1 is 0.973 bits per heavy atom. The smallest absolute Gasteiger partial charge is 0.339 e. The molecule has 11 heteroatoms. The number of para-hydroxylation sites is 1. The first-order chi connectivity index (χ1) is 18.0. The number of rotatable bonds is 7. The summed E-state index contributed by atoms with van der Waals surface area (Å²) in [5.41, 5.74) is 3.15. The number of nitro groups is 1. The predicted octanol–water partition coefficient (Wildman–Crippen LogP) is 5.12. The Hall–Kier alpha value is -5.03. The molecule has 5 rings (SSSR count). The fourth-order valence-electron chi connectivity index (χ4n) is 3.61. The summed E-state index contributed by atoms with van der Waals surface area (Å²) >= 11 is 1.15. The van der Waals surface area contributed by atoms with Crippen LogP contribution >= 0.6 is 11.3 Å². The van der Waals surface area contributed by atoms with Crippen molar-refractivity contribution < 1.29 is 19.2 Å². The zero-order valence-electron chi connectivity index (χ0n) is 19.0. The molecular weight excluding hydrogens is 494 g/mol. The van der Waals surface area contributed by atoms with Crippen LogP contribution in [0, 0.1) is 10.1 Å². The monoisotopic (exact) mass is 511 g/mol. The molecule has 0 aliphatic carbocycles. The highest BCUT2D eigenvalue weighted by Gasteiger charge is 2.17. The molecule has 0 unspecified atom stereocenters. The molecule has 0 aliphatic rings. The Labute approximate surface area is 213 Å². The minimum absolute atomic E-state index is 0.0571. The van der Waals surface area contributed by atoms with Gasteiger partial charge in [0, 0.05) is 46.4 Å². The summed E-state index contributed by atoms with van der Waals surface area (Å²) in [7, 11) is 0. The zero-order chi connectivity index (χ0) is 25.8. The number of nitrogens with one attached hydrogen (secondary N) is 1. The molecule has 1 N–H and O–H groups in total. The van der Waals surface area contributed by atoms with Crippen LogP contribution in [0.3, 0.4) is 0 Å². The lowest BCUT2D eigenvalue weighted by molar-refractivity contribution is -0.384. The number of hydrogen-bond acceptors (Lipinski definition) is 9. The van der Waals surface area contributed by atoms with Crippen molar-refractivity contribution in [1.82, 2.24) is 15.0 Å². The minimum atomic E-state index is -0.671. The summed E-state index contributed by atoms with van der Waals surface area (Å²) in [4.78, 5) is 49.0. The molecule has 37 heavy (non-hydrogen) atoms. The first-order valence-electron chi connectivity index (χ1n) is 11.0. The van der Waals surface area contributed by atoms with Gasteiger partial charge in [-0.25, -0.2) is 14.8 Å². The second-order valence-corrected chi connectivity index (χ2v) is 8.64. The molecule has 2 aromatic carbocycles. The van der Waals surface area contributed by atoms with E-state index in [9.17, 15) is 19.7 Å². The summed E-state index contributed by atoms with van der Waals surface area (Å²) in [5, 5.41) is 16.1. The van der Waals surface area contributed by atoms with Crippen LogP contribution in [0.1, 0.15) is 10.4 Å². The van der Waals surface area contributed by atoms with Crippen LogP contribution in [0.2, 0.25) is 0 Å². The van der Waals surface area contributed by atoms with Crippen LogP contribution in [0.25, 0.3) is 33.4 Å². The third-order valence-electron chi connectivity index (χ3n) is 5.33. The first kappa shape index (κ1) is 23.7. The van der Waals surface area contributed by atoms with E-state index in [1.807, 2.05) is 12.1 Å². The number of amides is 1. The summed E-state index contributed by atoms with van der Waals surface area (Å²) in [5.74, 6) is -1.24. The molecule has 10 nitrogen and oxygen atoms in total. The molecule has 5 aromatic rings. The number of hydrogen-bond donors (Lipinski definition) is 1. The molecule has 0 saturated carbocycles. The topological polar surface area (TPSA) is 137 Å². The summed E-state index contributed by atoms with van der Waals surface area (Å²) in [6.07, 6.45) is 3.29. The van der Waals surface area contributed by atoms with Crippen molar-refractivity contribution in [2.24, 2.45) is 0 Å². The number of carbonyl (C=O) groups is 2. The highest BCUT2D eigenvalue weighted by Crippen LogP contribution is 2.28. The molecule has 0 bridgehead atoms. The van der Waals surface area contributed by atoms with E-state index in [0.717, 1.165) is 16.9 Å². The van der Waals surface area contributed by atoms with Gasteiger partial charge >= 0.3 is 5.97 Å². The number of nitro benzene ring substituents is 1. The summed E-state index contributed by atoms with van der Waals surface area (Å²) < 4.78 is 5.30. The number of benzene rings is 2. The van der Waals surface area contributed by atoms with Gasteiger partial charge in [0.05, 0.1) is 27.4 Å². The molecular formula is C26H17N5O5S. The molecule has 182 valence electrons. The molecule has 0 radical (unpaired) electrons. The van der Waals surface area contributed by atoms with Gasteiger partial charge < -0.3 is 4.74 Å². The Morgan fingerprint density at radius 3 is 2.62 bits per heavy atom. The highest BCUT2D eigenvalue weighted by atomic mass is 32.1. The zero-order valence-corrected chi connectivity index (χ0v) is 19.8. The Morgan fingerprint density at radius 2 is 1.81 bits per heavy atom. The fraction of sp³-hybridized carbons (Fsp3) is 0.0385. The maximum Gasteiger partial charge on any atom is 0.339 e. The Bertz CT molecular complexity index is 1640. The Balaban J connectivity index is 1.29. The minimum Gasteiger partial charge on any atom is -0.452 e. The lowest BCUT2D eigenvalue weighted by atomic mass is 10.1. The number of thiazole rings is 1. The van der Waals surface area contributed by atoms with Gasteiger partial charge in [-0.1, -0.05) is 30.3 Å². The van der Waals surface area contributed by atoms with Crippen molar-refractivity contribution in [3.8, 4) is 22.5 Å². The van der Waals surface area contributed by atoms with E-state index >= 15 is 0 Å². The lowest BCUT2D eigenvalue weighted by Crippen LogP contribution is -2.21. The fourth-order valence-corrected chi connectivity index (χ4v) is 4.35. The number of carbonyl (C=O) groups excluding carboxylic acids is 2. The SMILES string of the molecule is O=C(COC(=O)c1cc(-c2cccnc2)nc2ccccc12)Nc1nc(-c2cccc([N+](=O)[O-])c2)cs1. The van der Waals surface area contributed by atoms with Gasteiger partial charge in [-0.15, -0.1) is 11.3 Å².